The van der Waals surface area contributed by atoms with Crippen LogP contribution in [0, 0.1) is 19.8 Å². The van der Waals surface area contributed by atoms with Crippen molar-refractivity contribution in [1.82, 2.24) is 4.90 Å². The van der Waals surface area contributed by atoms with Gasteiger partial charge in [-0.2, -0.15) is 0 Å². The third kappa shape index (κ3) is 4.86. The van der Waals surface area contributed by atoms with E-state index in [1.54, 1.807) is 23.1 Å². The second kappa shape index (κ2) is 8.97. The Morgan fingerprint density at radius 1 is 1.00 bits per heavy atom. The molecule has 3 rings (SSSR count). The quantitative estimate of drug-likeness (QED) is 0.632. The summed E-state index contributed by atoms with van der Waals surface area (Å²) in [6, 6.07) is 10.7. The lowest BCUT2D eigenvalue weighted by molar-refractivity contribution is -0.134. The van der Waals surface area contributed by atoms with Gasteiger partial charge in [0.2, 0.25) is 0 Å². The van der Waals surface area contributed by atoms with Crippen LogP contribution in [0.15, 0.2) is 36.4 Å². The number of Topliss-reactive ketones (excluding diaryl/α,β-unsaturated/α-hetero) is 1. The summed E-state index contributed by atoms with van der Waals surface area (Å²) in [5.74, 6) is 0.582. The van der Waals surface area contributed by atoms with E-state index in [1.807, 2.05) is 32.0 Å². The monoisotopic (exact) mass is 419 g/mol. The van der Waals surface area contributed by atoms with Crippen molar-refractivity contribution in [3.05, 3.63) is 63.1 Å². The second-order valence-corrected chi connectivity index (χ2v) is 8.00. The number of rotatable bonds is 5. The van der Waals surface area contributed by atoms with Crippen LogP contribution >= 0.6 is 23.2 Å². The summed E-state index contributed by atoms with van der Waals surface area (Å²) < 4.78 is 5.64. The van der Waals surface area contributed by atoms with Crippen LogP contribution in [0.1, 0.15) is 34.3 Å². The number of piperidine rings is 1. The minimum Gasteiger partial charge on any atom is -0.484 e. The largest absolute Gasteiger partial charge is 0.484 e. The SMILES string of the molecule is Cc1ccc(OCC(=O)N2CCC(C(=O)c3ccc(Cl)c(Cl)c3)CC2)cc1C. The molecule has 0 N–H and O–H groups in total. The van der Waals surface area contributed by atoms with Crippen molar-refractivity contribution in [2.24, 2.45) is 5.92 Å². The van der Waals surface area contributed by atoms with Gasteiger partial charge in [0.05, 0.1) is 10.0 Å². The average Bonchev–Trinajstić information content (AvgIpc) is 2.70. The van der Waals surface area contributed by atoms with Crippen LogP contribution < -0.4 is 4.74 Å². The zero-order chi connectivity index (χ0) is 20.3. The molecule has 28 heavy (non-hydrogen) atoms. The smallest absolute Gasteiger partial charge is 0.260 e. The predicted octanol–water partition coefficient (Wildman–Crippen LogP) is 5.11. The Labute approximate surface area is 175 Å². The highest BCUT2D eigenvalue weighted by Gasteiger charge is 2.28. The maximum absolute atomic E-state index is 12.7. The fraction of sp³-hybridized carbons (Fsp3) is 0.364. The van der Waals surface area contributed by atoms with Gasteiger partial charge in [-0.05, 0) is 68.1 Å². The molecule has 1 saturated heterocycles. The van der Waals surface area contributed by atoms with Gasteiger partial charge in [-0.1, -0.05) is 29.3 Å². The number of ether oxygens (including phenoxy) is 1. The van der Waals surface area contributed by atoms with Crippen molar-refractivity contribution in [3.63, 3.8) is 0 Å². The Balaban J connectivity index is 1.51. The third-order valence-corrected chi connectivity index (χ3v) is 6.00. The summed E-state index contributed by atoms with van der Waals surface area (Å²) in [5, 5.41) is 0.811. The van der Waals surface area contributed by atoms with Crippen molar-refractivity contribution in [3.8, 4) is 5.75 Å². The van der Waals surface area contributed by atoms with E-state index < -0.39 is 0 Å². The molecule has 0 bridgehead atoms. The van der Waals surface area contributed by atoms with Crippen molar-refractivity contribution in [2.75, 3.05) is 19.7 Å². The van der Waals surface area contributed by atoms with Crippen molar-refractivity contribution < 1.29 is 14.3 Å². The van der Waals surface area contributed by atoms with Gasteiger partial charge >= 0.3 is 0 Å². The van der Waals surface area contributed by atoms with Gasteiger partial charge in [-0.25, -0.2) is 0 Å². The first-order valence-electron chi connectivity index (χ1n) is 9.32. The Morgan fingerprint density at radius 2 is 1.71 bits per heavy atom. The highest BCUT2D eigenvalue weighted by Crippen LogP contribution is 2.27. The van der Waals surface area contributed by atoms with Crippen LogP contribution in [0.2, 0.25) is 10.0 Å². The molecule has 1 aliphatic rings. The van der Waals surface area contributed by atoms with Gasteiger partial charge < -0.3 is 9.64 Å². The Hall–Kier alpha value is -2.04. The molecule has 0 aliphatic carbocycles. The average molecular weight is 420 g/mol. The summed E-state index contributed by atoms with van der Waals surface area (Å²) in [5.41, 5.74) is 2.89. The number of hydrogen-bond acceptors (Lipinski definition) is 3. The van der Waals surface area contributed by atoms with E-state index in [4.69, 9.17) is 27.9 Å². The molecule has 0 saturated carbocycles. The van der Waals surface area contributed by atoms with E-state index >= 15 is 0 Å². The zero-order valence-electron chi connectivity index (χ0n) is 16.0. The molecule has 1 fully saturated rings. The van der Waals surface area contributed by atoms with Gasteiger partial charge in [0.15, 0.2) is 12.4 Å². The molecule has 148 valence electrons. The standard InChI is InChI=1S/C22H23Cl2NO3/c1-14-3-5-18(11-15(14)2)28-13-21(26)25-9-7-16(8-10-25)22(27)17-4-6-19(23)20(24)12-17/h3-6,11-12,16H,7-10,13H2,1-2H3. The molecule has 6 heteroatoms. The lowest BCUT2D eigenvalue weighted by Gasteiger charge is -2.31. The molecule has 0 spiro atoms. The van der Waals surface area contributed by atoms with E-state index in [2.05, 4.69) is 0 Å². The van der Waals surface area contributed by atoms with E-state index in [0.717, 1.165) is 5.56 Å². The first-order valence-corrected chi connectivity index (χ1v) is 10.1. The lowest BCUT2D eigenvalue weighted by Crippen LogP contribution is -2.42. The lowest BCUT2D eigenvalue weighted by atomic mass is 9.89. The van der Waals surface area contributed by atoms with Crippen LogP contribution in [0.3, 0.4) is 0 Å². The Bertz CT molecular complexity index is 889. The van der Waals surface area contributed by atoms with Gasteiger partial charge in [-0.3, -0.25) is 9.59 Å². The fourth-order valence-corrected chi connectivity index (χ4v) is 3.61. The number of benzene rings is 2. The van der Waals surface area contributed by atoms with E-state index in [1.165, 1.54) is 5.56 Å². The second-order valence-electron chi connectivity index (χ2n) is 7.18. The van der Waals surface area contributed by atoms with Crippen LogP contribution in [0.5, 0.6) is 5.75 Å². The normalized spacial score (nSPS) is 14.8. The molecule has 1 aliphatic heterocycles. The number of aryl methyl sites for hydroxylation is 2. The molecule has 1 heterocycles. The molecule has 0 radical (unpaired) electrons. The predicted molar refractivity (Wildman–Crippen MR) is 112 cm³/mol. The fourth-order valence-electron chi connectivity index (χ4n) is 3.32. The number of likely N-dealkylation sites (tertiary alicyclic amines) is 1. The molecule has 1 amide bonds. The number of carbonyl (C=O) groups excluding carboxylic acids is 2. The molecule has 2 aromatic rings. The highest BCUT2D eigenvalue weighted by atomic mass is 35.5. The van der Waals surface area contributed by atoms with E-state index in [-0.39, 0.29) is 24.2 Å². The minimum absolute atomic E-state index is 0.00784. The van der Waals surface area contributed by atoms with Gasteiger partial charge in [0.1, 0.15) is 5.75 Å². The summed E-state index contributed by atoms with van der Waals surface area (Å²) in [4.78, 5) is 26.9. The minimum atomic E-state index is -0.109. The number of ketones is 1. The molecule has 4 nitrogen and oxygen atoms in total. The van der Waals surface area contributed by atoms with Crippen LogP contribution in [-0.4, -0.2) is 36.3 Å². The topological polar surface area (TPSA) is 46.6 Å². The maximum Gasteiger partial charge on any atom is 0.260 e. The Kier molecular flexibility index (Phi) is 6.63. The van der Waals surface area contributed by atoms with E-state index in [9.17, 15) is 9.59 Å². The van der Waals surface area contributed by atoms with Crippen LogP contribution in [0.4, 0.5) is 0 Å². The molecule has 2 aromatic carbocycles. The van der Waals surface area contributed by atoms with Crippen LogP contribution in [-0.2, 0) is 4.79 Å². The van der Waals surface area contributed by atoms with Crippen molar-refractivity contribution >= 4 is 34.9 Å². The van der Waals surface area contributed by atoms with Crippen LogP contribution in [0.25, 0.3) is 0 Å². The zero-order valence-corrected chi connectivity index (χ0v) is 17.5. The highest BCUT2D eigenvalue weighted by molar-refractivity contribution is 6.42. The van der Waals surface area contributed by atoms with Crippen molar-refractivity contribution in [1.29, 1.82) is 0 Å². The van der Waals surface area contributed by atoms with Gasteiger partial charge in [0, 0.05) is 24.6 Å². The maximum atomic E-state index is 12.7. The number of amides is 1. The van der Waals surface area contributed by atoms with E-state index in [0.29, 0.717) is 47.3 Å². The van der Waals surface area contributed by atoms with Crippen molar-refractivity contribution in [2.45, 2.75) is 26.7 Å². The first kappa shape index (κ1) is 20.7. The molecule has 0 aromatic heterocycles. The number of carbonyl (C=O) groups is 2. The summed E-state index contributed by atoms with van der Waals surface area (Å²) >= 11 is 11.9. The molecule has 0 unspecified atom stereocenters. The summed E-state index contributed by atoms with van der Waals surface area (Å²) in [6.07, 6.45) is 1.27. The first-order chi connectivity index (χ1) is 13.3. The number of halogens is 2. The number of nitrogens with zero attached hydrogens (tertiary/aromatic N) is 1. The third-order valence-electron chi connectivity index (χ3n) is 5.26. The van der Waals surface area contributed by atoms with Gasteiger partial charge in [-0.15, -0.1) is 0 Å². The number of hydrogen-bond donors (Lipinski definition) is 0. The van der Waals surface area contributed by atoms with Gasteiger partial charge in [0.25, 0.3) is 5.91 Å². The summed E-state index contributed by atoms with van der Waals surface area (Å²) in [6.45, 7) is 5.15. The molecular formula is C22H23Cl2NO3. The molecule has 0 atom stereocenters. The summed E-state index contributed by atoms with van der Waals surface area (Å²) in [7, 11) is 0. The molecular weight excluding hydrogens is 397 g/mol. The Morgan fingerprint density at radius 3 is 2.36 bits per heavy atom.